The highest BCUT2D eigenvalue weighted by molar-refractivity contribution is 6.10. The fourth-order valence-electron chi connectivity index (χ4n) is 8.21. The summed E-state index contributed by atoms with van der Waals surface area (Å²) in [4.78, 5) is 2.33. The third-order valence-electron chi connectivity index (χ3n) is 10.9. The summed E-state index contributed by atoms with van der Waals surface area (Å²) in [5.41, 5.74) is 13.9. The van der Waals surface area contributed by atoms with E-state index in [0.717, 1.165) is 34.1 Å². The molecular formula is C53H38N2O. The van der Waals surface area contributed by atoms with Gasteiger partial charge in [0.25, 0.3) is 0 Å². The average molecular weight is 719 g/mol. The van der Waals surface area contributed by atoms with Crippen molar-refractivity contribution >= 4 is 49.6 Å². The Labute approximate surface area is 326 Å². The molecule has 3 heteroatoms. The number of ether oxygens (including phenoxy) is 1. The summed E-state index contributed by atoms with van der Waals surface area (Å²) in [5, 5.41) is 4.88. The molecule has 0 bridgehead atoms. The molecule has 266 valence electrons. The second-order valence-electron chi connectivity index (χ2n) is 14.1. The van der Waals surface area contributed by atoms with Crippen molar-refractivity contribution in [2.45, 2.75) is 0 Å². The molecule has 0 aliphatic heterocycles. The highest BCUT2D eigenvalue weighted by atomic mass is 16.5. The predicted octanol–water partition coefficient (Wildman–Crippen LogP) is 14.4. The predicted molar refractivity (Wildman–Crippen MR) is 236 cm³/mol. The quantitative estimate of drug-likeness (QED) is 0.156. The smallest absolute Gasteiger partial charge is 0.119 e. The van der Waals surface area contributed by atoms with Crippen molar-refractivity contribution in [3.05, 3.63) is 212 Å². The first kappa shape index (κ1) is 33.2. The van der Waals surface area contributed by atoms with Gasteiger partial charge in [-0.05, 0) is 105 Å². The second-order valence-corrected chi connectivity index (χ2v) is 14.1. The molecule has 0 aliphatic carbocycles. The van der Waals surface area contributed by atoms with E-state index in [1.165, 1.54) is 60.4 Å². The number of methoxy groups -OCH3 is 1. The zero-order chi connectivity index (χ0) is 37.4. The molecule has 0 N–H and O–H groups in total. The van der Waals surface area contributed by atoms with Crippen molar-refractivity contribution in [2.24, 2.45) is 0 Å². The first-order valence-corrected chi connectivity index (χ1v) is 19.0. The van der Waals surface area contributed by atoms with Gasteiger partial charge in [-0.25, -0.2) is 0 Å². The minimum atomic E-state index is 0.831. The summed E-state index contributed by atoms with van der Waals surface area (Å²) in [6, 6.07) is 76.2. The average Bonchev–Trinajstić information content (AvgIpc) is 3.61. The van der Waals surface area contributed by atoms with Crippen LogP contribution in [0, 0.1) is 0 Å². The van der Waals surface area contributed by atoms with Crippen LogP contribution in [0.5, 0.6) is 5.75 Å². The van der Waals surface area contributed by atoms with Gasteiger partial charge in [0.15, 0.2) is 0 Å². The van der Waals surface area contributed by atoms with Crippen molar-refractivity contribution in [3.8, 4) is 44.8 Å². The van der Waals surface area contributed by atoms with Gasteiger partial charge in [0, 0.05) is 33.2 Å². The summed E-state index contributed by atoms with van der Waals surface area (Å²) in [6.07, 6.45) is 0. The maximum atomic E-state index is 5.51. The van der Waals surface area contributed by atoms with E-state index < -0.39 is 0 Å². The number of aromatic nitrogens is 1. The molecule has 0 aliphatic rings. The summed E-state index contributed by atoms with van der Waals surface area (Å²) < 4.78 is 7.93. The lowest BCUT2D eigenvalue weighted by Crippen LogP contribution is -2.10. The molecule has 10 rings (SSSR count). The highest BCUT2D eigenvalue weighted by Gasteiger charge is 2.18. The van der Waals surface area contributed by atoms with E-state index in [-0.39, 0.29) is 0 Å². The Morgan fingerprint density at radius 3 is 1.77 bits per heavy atom. The molecule has 0 saturated carbocycles. The topological polar surface area (TPSA) is 17.4 Å². The van der Waals surface area contributed by atoms with Crippen molar-refractivity contribution in [1.29, 1.82) is 0 Å². The van der Waals surface area contributed by atoms with Crippen LogP contribution in [0.15, 0.2) is 212 Å². The first-order chi connectivity index (χ1) is 27.7. The number of benzene rings is 9. The Bertz CT molecular complexity index is 2990. The van der Waals surface area contributed by atoms with E-state index >= 15 is 0 Å². The SMILES string of the molecule is COc1ccc(N(c2ccc(-c3ccccc3-c3ccc4c5ccccc5n(-c5cccc(-c6ccccc6)c5)c4c3)cc2)c2cccc3ccccc23)cc1. The van der Waals surface area contributed by atoms with Gasteiger partial charge in [-0.15, -0.1) is 0 Å². The molecular weight excluding hydrogens is 681 g/mol. The lowest BCUT2D eigenvalue weighted by atomic mass is 9.93. The zero-order valence-electron chi connectivity index (χ0n) is 31.0. The van der Waals surface area contributed by atoms with Crippen LogP contribution < -0.4 is 9.64 Å². The van der Waals surface area contributed by atoms with Crippen molar-refractivity contribution in [1.82, 2.24) is 4.57 Å². The third-order valence-corrected chi connectivity index (χ3v) is 10.9. The van der Waals surface area contributed by atoms with Crippen LogP contribution in [0.1, 0.15) is 0 Å². The fourth-order valence-corrected chi connectivity index (χ4v) is 8.21. The van der Waals surface area contributed by atoms with E-state index in [9.17, 15) is 0 Å². The third kappa shape index (κ3) is 5.87. The monoisotopic (exact) mass is 718 g/mol. The van der Waals surface area contributed by atoms with Gasteiger partial charge in [-0.3, -0.25) is 0 Å². The summed E-state index contributed by atoms with van der Waals surface area (Å²) in [6.45, 7) is 0. The van der Waals surface area contributed by atoms with Gasteiger partial charge in [0.05, 0.1) is 23.8 Å². The standard InChI is InChI=1S/C53H38N2O/c1-56-45-32-30-43(31-33-45)54(51-24-12-16-38-15-5-6-21-48(38)51)42-28-25-39(26-29-42)46-19-7-8-20-47(46)41-27-34-50-49-22-9-10-23-52(49)55(53(50)36-41)44-18-11-17-40(35-44)37-13-3-2-4-14-37/h2-36H,1H3. The summed E-state index contributed by atoms with van der Waals surface area (Å²) in [7, 11) is 1.71. The van der Waals surface area contributed by atoms with Crippen molar-refractivity contribution in [2.75, 3.05) is 12.0 Å². The number of hydrogen-bond donors (Lipinski definition) is 0. The van der Waals surface area contributed by atoms with E-state index in [4.69, 9.17) is 4.74 Å². The molecule has 56 heavy (non-hydrogen) atoms. The largest absolute Gasteiger partial charge is 0.497 e. The normalized spacial score (nSPS) is 11.3. The molecule has 0 radical (unpaired) electrons. The maximum absolute atomic E-state index is 5.51. The number of nitrogens with zero attached hydrogens (tertiary/aromatic N) is 2. The maximum Gasteiger partial charge on any atom is 0.119 e. The molecule has 1 heterocycles. The lowest BCUT2D eigenvalue weighted by Gasteiger charge is -2.27. The number of para-hydroxylation sites is 1. The lowest BCUT2D eigenvalue weighted by molar-refractivity contribution is 0.415. The zero-order valence-corrected chi connectivity index (χ0v) is 31.0. The Balaban J connectivity index is 1.08. The summed E-state index contributed by atoms with van der Waals surface area (Å²) in [5.74, 6) is 0.831. The second kappa shape index (κ2) is 14.1. The first-order valence-electron chi connectivity index (χ1n) is 19.0. The Morgan fingerprint density at radius 2 is 0.982 bits per heavy atom. The molecule has 0 amide bonds. The van der Waals surface area contributed by atoms with E-state index in [1.807, 2.05) is 12.1 Å². The number of rotatable bonds is 8. The van der Waals surface area contributed by atoms with Gasteiger partial charge in [0.1, 0.15) is 5.75 Å². The van der Waals surface area contributed by atoms with Gasteiger partial charge in [-0.1, -0.05) is 146 Å². The molecule has 0 spiro atoms. The van der Waals surface area contributed by atoms with Gasteiger partial charge in [0.2, 0.25) is 0 Å². The number of fused-ring (bicyclic) bond motifs is 4. The van der Waals surface area contributed by atoms with Gasteiger partial charge >= 0.3 is 0 Å². The fraction of sp³-hybridized carbons (Fsp3) is 0.0189. The minimum absolute atomic E-state index is 0.831. The molecule has 9 aromatic carbocycles. The Morgan fingerprint density at radius 1 is 0.393 bits per heavy atom. The Kier molecular flexibility index (Phi) is 8.38. The van der Waals surface area contributed by atoms with Crippen LogP contribution in [0.25, 0.3) is 71.6 Å². The van der Waals surface area contributed by atoms with Crippen LogP contribution in [0.4, 0.5) is 17.1 Å². The van der Waals surface area contributed by atoms with Crippen LogP contribution in [0.3, 0.4) is 0 Å². The highest BCUT2D eigenvalue weighted by Crippen LogP contribution is 2.42. The van der Waals surface area contributed by atoms with Gasteiger partial charge in [-0.2, -0.15) is 0 Å². The molecule has 0 fully saturated rings. The molecule has 10 aromatic rings. The molecule has 0 saturated heterocycles. The number of anilines is 3. The van der Waals surface area contributed by atoms with Crippen LogP contribution in [-0.4, -0.2) is 11.7 Å². The molecule has 1 aromatic heterocycles. The van der Waals surface area contributed by atoms with E-state index in [1.54, 1.807) is 7.11 Å². The molecule has 3 nitrogen and oxygen atoms in total. The summed E-state index contributed by atoms with van der Waals surface area (Å²) >= 11 is 0. The minimum Gasteiger partial charge on any atom is -0.497 e. The molecule has 0 atom stereocenters. The van der Waals surface area contributed by atoms with Gasteiger partial charge < -0.3 is 14.2 Å². The van der Waals surface area contributed by atoms with Crippen molar-refractivity contribution in [3.63, 3.8) is 0 Å². The van der Waals surface area contributed by atoms with E-state index in [0.29, 0.717) is 0 Å². The van der Waals surface area contributed by atoms with E-state index in [2.05, 4.69) is 210 Å². The molecule has 0 unspecified atom stereocenters. The van der Waals surface area contributed by atoms with Crippen LogP contribution in [-0.2, 0) is 0 Å². The Hall–Kier alpha value is -7.36. The number of hydrogen-bond acceptors (Lipinski definition) is 2. The van der Waals surface area contributed by atoms with Crippen molar-refractivity contribution < 1.29 is 4.74 Å². The van der Waals surface area contributed by atoms with Crippen LogP contribution in [0.2, 0.25) is 0 Å². The van der Waals surface area contributed by atoms with Crippen LogP contribution >= 0.6 is 0 Å².